The molecule has 0 radical (unpaired) electrons. The lowest BCUT2D eigenvalue weighted by Crippen LogP contribution is -2.64. The summed E-state index contributed by atoms with van der Waals surface area (Å²) in [6, 6.07) is 21.6. The molecule has 0 spiro atoms. The predicted molar refractivity (Wildman–Crippen MR) is 169 cm³/mol. The molecule has 0 atom stereocenters. The van der Waals surface area contributed by atoms with Gasteiger partial charge >= 0.3 is 8.56 Å². The van der Waals surface area contributed by atoms with Crippen molar-refractivity contribution in [1.29, 1.82) is 0 Å². The van der Waals surface area contributed by atoms with Gasteiger partial charge in [0.2, 0.25) is 0 Å². The van der Waals surface area contributed by atoms with Crippen molar-refractivity contribution in [2.75, 3.05) is 6.61 Å². The van der Waals surface area contributed by atoms with Gasteiger partial charge in [-0.2, -0.15) is 0 Å². The lowest BCUT2D eigenvalue weighted by Gasteiger charge is -2.35. The third-order valence-corrected chi connectivity index (χ3v) is 11.1. The van der Waals surface area contributed by atoms with E-state index in [2.05, 4.69) is 81.4 Å². The van der Waals surface area contributed by atoms with E-state index in [0.717, 1.165) is 38.7 Å². The molecule has 2 aromatic rings. The molecule has 0 aromatic heterocycles. The molecule has 0 unspecified atom stereocenters. The van der Waals surface area contributed by atoms with E-state index in [1.165, 1.54) is 93.8 Å². The van der Waals surface area contributed by atoms with Gasteiger partial charge in [0.05, 0.1) is 0 Å². The Morgan fingerprint density at radius 2 is 0.895 bits per heavy atom. The summed E-state index contributed by atoms with van der Waals surface area (Å²) in [5.41, 5.74) is 0. The van der Waals surface area contributed by atoms with Crippen molar-refractivity contribution in [3.63, 3.8) is 0 Å². The van der Waals surface area contributed by atoms with Crippen LogP contribution < -0.4 is 10.4 Å². The van der Waals surface area contributed by atoms with E-state index < -0.39 is 8.56 Å². The van der Waals surface area contributed by atoms with Crippen molar-refractivity contribution in [2.24, 2.45) is 0 Å². The molecule has 0 saturated heterocycles. The monoisotopic (exact) mass is 538 g/mol. The second-order valence-electron chi connectivity index (χ2n) is 11.1. The lowest BCUT2D eigenvalue weighted by atomic mass is 10.0. The molecule has 2 rings (SSSR count). The fourth-order valence-electron chi connectivity index (χ4n) is 5.47. The number of hydrogen-bond donors (Lipinski definition) is 0. The molecule has 0 fully saturated rings. The van der Waals surface area contributed by atoms with Crippen LogP contribution in [0.5, 0.6) is 0 Å². The molecule has 0 N–H and O–H groups in total. The molecule has 2 nitrogen and oxygen atoms in total. The normalized spacial score (nSPS) is 11.9. The Morgan fingerprint density at radius 3 is 1.29 bits per heavy atom. The van der Waals surface area contributed by atoms with Crippen molar-refractivity contribution < 1.29 is 8.85 Å². The molecular formula is C35H58O2Si. The summed E-state index contributed by atoms with van der Waals surface area (Å²) in [6.45, 7) is 7.59. The van der Waals surface area contributed by atoms with E-state index in [1.54, 1.807) is 0 Å². The first-order valence-corrected chi connectivity index (χ1v) is 18.0. The molecule has 214 valence electrons. The fraction of sp³-hybridized carbons (Fsp3) is 0.657. The molecule has 0 bridgehead atoms. The van der Waals surface area contributed by atoms with Crippen molar-refractivity contribution >= 4 is 18.9 Å². The zero-order valence-electron chi connectivity index (χ0n) is 25.1. The van der Waals surface area contributed by atoms with Crippen LogP contribution in [0.25, 0.3) is 0 Å². The van der Waals surface area contributed by atoms with Gasteiger partial charge in [-0.25, -0.2) is 0 Å². The first-order chi connectivity index (χ1) is 18.8. The van der Waals surface area contributed by atoms with E-state index in [9.17, 15) is 0 Å². The molecule has 38 heavy (non-hydrogen) atoms. The largest absolute Gasteiger partial charge is 0.407 e. The highest BCUT2D eigenvalue weighted by molar-refractivity contribution is 6.92. The van der Waals surface area contributed by atoms with Crippen LogP contribution in [-0.4, -0.2) is 21.3 Å². The van der Waals surface area contributed by atoms with Crippen LogP contribution in [0, 0.1) is 0 Å². The topological polar surface area (TPSA) is 18.5 Å². The Bertz CT molecular complexity index is 734. The van der Waals surface area contributed by atoms with E-state index in [0.29, 0.717) is 0 Å². The van der Waals surface area contributed by atoms with Gasteiger partial charge in [0.25, 0.3) is 0 Å². The van der Waals surface area contributed by atoms with Crippen LogP contribution in [0.4, 0.5) is 0 Å². The van der Waals surface area contributed by atoms with Gasteiger partial charge in [-0.15, -0.1) is 0 Å². The molecule has 0 heterocycles. The van der Waals surface area contributed by atoms with Crippen molar-refractivity contribution in [3.05, 3.63) is 60.7 Å². The summed E-state index contributed by atoms with van der Waals surface area (Å²) in [6.07, 6.45) is 23.9. The number of benzene rings is 2. The zero-order chi connectivity index (χ0) is 27.2. The fourth-order valence-corrected chi connectivity index (χ4v) is 8.88. The maximum absolute atomic E-state index is 7.13. The quantitative estimate of drug-likeness (QED) is 0.0978. The van der Waals surface area contributed by atoms with Gasteiger partial charge in [-0.05, 0) is 29.6 Å². The molecule has 3 heteroatoms. The highest BCUT2D eigenvalue weighted by atomic mass is 28.4. The highest BCUT2D eigenvalue weighted by Gasteiger charge is 2.44. The standard InChI is InChI=1S/C35H58O2Si/c1-4-7-8-9-10-11-12-13-14-15-16-17-18-25-32-36-38(34-28-21-19-22-29-34,35-30-23-20-24-31-35)37-33(26-5-2)27-6-3/h19-24,28-31,33H,4-18,25-27,32H2,1-3H3. The van der Waals surface area contributed by atoms with Crippen molar-refractivity contribution in [1.82, 2.24) is 0 Å². The van der Waals surface area contributed by atoms with Crippen molar-refractivity contribution in [3.8, 4) is 0 Å². The molecule has 0 amide bonds. The first kappa shape index (κ1) is 32.8. The van der Waals surface area contributed by atoms with Crippen LogP contribution in [0.1, 0.15) is 136 Å². The smallest absolute Gasteiger partial charge is 0.388 e. The summed E-state index contributed by atoms with van der Waals surface area (Å²) < 4.78 is 14.1. The van der Waals surface area contributed by atoms with Crippen LogP contribution >= 0.6 is 0 Å². The molecular weight excluding hydrogens is 480 g/mol. The summed E-state index contributed by atoms with van der Waals surface area (Å²) in [5, 5.41) is 2.46. The summed E-state index contributed by atoms with van der Waals surface area (Å²) in [5.74, 6) is 0. The molecule has 2 aromatic carbocycles. The van der Waals surface area contributed by atoms with Crippen molar-refractivity contribution in [2.45, 2.75) is 142 Å². The van der Waals surface area contributed by atoms with Gasteiger partial charge in [0.15, 0.2) is 0 Å². The number of unbranched alkanes of at least 4 members (excludes halogenated alkanes) is 13. The van der Waals surface area contributed by atoms with Crippen LogP contribution in [0.2, 0.25) is 0 Å². The maximum atomic E-state index is 7.13. The second kappa shape index (κ2) is 21.4. The minimum atomic E-state index is -2.79. The van der Waals surface area contributed by atoms with Crippen LogP contribution in [0.15, 0.2) is 60.7 Å². The zero-order valence-corrected chi connectivity index (χ0v) is 26.1. The Kier molecular flexibility index (Phi) is 18.5. The Morgan fingerprint density at radius 1 is 0.500 bits per heavy atom. The Hall–Kier alpha value is -1.42. The van der Waals surface area contributed by atoms with Gasteiger partial charge in [0.1, 0.15) is 0 Å². The minimum absolute atomic E-state index is 0.244. The SMILES string of the molecule is CCCCCCCCCCCCCCCCO[Si](OC(CCC)CCC)(c1ccccc1)c1ccccc1. The maximum Gasteiger partial charge on any atom is 0.407 e. The van der Waals surface area contributed by atoms with Gasteiger partial charge in [0, 0.05) is 12.7 Å². The molecule has 0 aliphatic rings. The van der Waals surface area contributed by atoms with Gasteiger partial charge in [-0.1, -0.05) is 178 Å². The van der Waals surface area contributed by atoms with E-state index in [-0.39, 0.29) is 6.10 Å². The third-order valence-electron chi connectivity index (χ3n) is 7.66. The number of rotatable bonds is 24. The molecule has 0 aliphatic heterocycles. The molecule has 0 aliphatic carbocycles. The molecule has 0 saturated carbocycles. The lowest BCUT2D eigenvalue weighted by molar-refractivity contribution is 0.115. The summed E-state index contributed by atoms with van der Waals surface area (Å²) >= 11 is 0. The highest BCUT2D eigenvalue weighted by Crippen LogP contribution is 2.20. The van der Waals surface area contributed by atoms with E-state index in [4.69, 9.17) is 8.85 Å². The van der Waals surface area contributed by atoms with Gasteiger partial charge < -0.3 is 8.85 Å². The van der Waals surface area contributed by atoms with E-state index in [1.807, 2.05) is 0 Å². The average molecular weight is 539 g/mol. The predicted octanol–water partition coefficient (Wildman–Crippen LogP) is 9.73. The van der Waals surface area contributed by atoms with Crippen LogP contribution in [-0.2, 0) is 8.85 Å². The van der Waals surface area contributed by atoms with Crippen LogP contribution in [0.3, 0.4) is 0 Å². The third kappa shape index (κ3) is 12.6. The average Bonchev–Trinajstić information content (AvgIpc) is 2.95. The van der Waals surface area contributed by atoms with E-state index >= 15 is 0 Å². The van der Waals surface area contributed by atoms with Gasteiger partial charge in [-0.3, -0.25) is 0 Å². The number of hydrogen-bond acceptors (Lipinski definition) is 2. The second-order valence-corrected chi connectivity index (χ2v) is 14.0. The Labute approximate surface area is 237 Å². The first-order valence-electron chi connectivity index (χ1n) is 16.2. The summed E-state index contributed by atoms with van der Waals surface area (Å²) in [7, 11) is -2.79. The summed E-state index contributed by atoms with van der Waals surface area (Å²) in [4.78, 5) is 0. The minimum Gasteiger partial charge on any atom is -0.388 e. The Balaban J connectivity index is 1.84.